The third-order valence-corrected chi connectivity index (χ3v) is 4.64. The lowest BCUT2D eigenvalue weighted by Gasteiger charge is -2.38. The number of rotatable bonds is 4. The van der Waals surface area contributed by atoms with Crippen LogP contribution < -0.4 is 5.32 Å². The Balaban J connectivity index is 2.08. The average Bonchev–Trinajstić information content (AvgIpc) is 2.41. The van der Waals surface area contributed by atoms with Crippen LogP contribution in [0.2, 0.25) is 0 Å². The van der Waals surface area contributed by atoms with Crippen molar-refractivity contribution in [1.82, 2.24) is 0 Å². The summed E-state index contributed by atoms with van der Waals surface area (Å²) in [5.41, 5.74) is 2.69. The van der Waals surface area contributed by atoms with Gasteiger partial charge in [-0.25, -0.2) is 0 Å². The highest BCUT2D eigenvalue weighted by atomic mass is 79.9. The number of ether oxygens (including phenoxy) is 1. The lowest BCUT2D eigenvalue weighted by atomic mass is 9.89. The summed E-state index contributed by atoms with van der Waals surface area (Å²) in [6.07, 6.45) is 4.31. The minimum atomic E-state index is 0.0393. The van der Waals surface area contributed by atoms with E-state index in [4.69, 9.17) is 4.74 Å². The van der Waals surface area contributed by atoms with Gasteiger partial charge in [-0.1, -0.05) is 29.8 Å². The summed E-state index contributed by atoms with van der Waals surface area (Å²) >= 11 is 3.54. The van der Waals surface area contributed by atoms with Gasteiger partial charge >= 0.3 is 0 Å². The number of aryl methyl sites for hydroxylation is 1. The molecule has 1 N–H and O–H groups in total. The van der Waals surface area contributed by atoms with Crippen LogP contribution in [-0.4, -0.2) is 18.2 Å². The largest absolute Gasteiger partial charge is 0.382 e. The van der Waals surface area contributed by atoms with E-state index in [9.17, 15) is 0 Å². The molecular formula is C16H24BrNO. The summed E-state index contributed by atoms with van der Waals surface area (Å²) in [6, 6.07) is 7.02. The number of hydrogen-bond donors (Lipinski definition) is 1. The van der Waals surface area contributed by atoms with Gasteiger partial charge in [0.25, 0.3) is 0 Å². The molecule has 1 heterocycles. The smallest absolute Gasteiger partial charge is 0.0671 e. The Labute approximate surface area is 125 Å². The molecule has 3 heteroatoms. The maximum absolute atomic E-state index is 5.91. The van der Waals surface area contributed by atoms with Crippen molar-refractivity contribution in [1.29, 1.82) is 0 Å². The van der Waals surface area contributed by atoms with E-state index in [1.165, 1.54) is 11.3 Å². The summed E-state index contributed by atoms with van der Waals surface area (Å²) in [5.74, 6) is 0. The van der Waals surface area contributed by atoms with Crippen LogP contribution in [0.3, 0.4) is 0 Å². The first kappa shape index (κ1) is 14.9. The first-order valence-corrected chi connectivity index (χ1v) is 8.04. The van der Waals surface area contributed by atoms with Crippen molar-refractivity contribution in [2.45, 2.75) is 58.1 Å². The SMILES string of the molecule is CCc1cc(Br)ccc1NC1CCOC(C)(CC)C1. The molecule has 0 saturated carbocycles. The minimum Gasteiger partial charge on any atom is -0.382 e. The number of benzene rings is 1. The molecule has 0 aromatic heterocycles. The monoisotopic (exact) mass is 325 g/mol. The normalized spacial score (nSPS) is 27.3. The molecule has 1 fully saturated rings. The predicted octanol–water partition coefficient (Wildman–Crippen LogP) is 4.77. The van der Waals surface area contributed by atoms with E-state index < -0.39 is 0 Å². The average molecular weight is 326 g/mol. The van der Waals surface area contributed by atoms with Crippen molar-refractivity contribution < 1.29 is 4.74 Å². The second-order valence-corrected chi connectivity index (χ2v) is 6.56. The number of halogens is 1. The van der Waals surface area contributed by atoms with Gasteiger partial charge in [-0.3, -0.25) is 0 Å². The fourth-order valence-electron chi connectivity index (χ4n) is 2.71. The second kappa shape index (κ2) is 6.27. The predicted molar refractivity (Wildman–Crippen MR) is 84.8 cm³/mol. The molecule has 1 aromatic rings. The van der Waals surface area contributed by atoms with Gasteiger partial charge < -0.3 is 10.1 Å². The molecule has 2 rings (SSSR count). The second-order valence-electron chi connectivity index (χ2n) is 5.64. The molecule has 2 unspecified atom stereocenters. The molecule has 2 atom stereocenters. The van der Waals surface area contributed by atoms with Crippen LogP contribution in [0.25, 0.3) is 0 Å². The Morgan fingerprint density at radius 1 is 1.42 bits per heavy atom. The van der Waals surface area contributed by atoms with E-state index in [1.54, 1.807) is 0 Å². The molecule has 0 spiro atoms. The fourth-order valence-corrected chi connectivity index (χ4v) is 3.12. The molecule has 1 aromatic carbocycles. The van der Waals surface area contributed by atoms with Crippen LogP contribution in [0, 0.1) is 0 Å². The third kappa shape index (κ3) is 3.73. The van der Waals surface area contributed by atoms with Gasteiger partial charge in [0, 0.05) is 22.8 Å². The van der Waals surface area contributed by atoms with Crippen LogP contribution in [0.1, 0.15) is 45.6 Å². The molecule has 2 nitrogen and oxygen atoms in total. The van der Waals surface area contributed by atoms with Crippen molar-refractivity contribution in [3.63, 3.8) is 0 Å². The van der Waals surface area contributed by atoms with Gasteiger partial charge in [0.2, 0.25) is 0 Å². The first-order chi connectivity index (χ1) is 9.06. The lowest BCUT2D eigenvalue weighted by Crippen LogP contribution is -2.42. The van der Waals surface area contributed by atoms with Crippen LogP contribution >= 0.6 is 15.9 Å². The Hall–Kier alpha value is -0.540. The summed E-state index contributed by atoms with van der Waals surface area (Å²) in [7, 11) is 0. The van der Waals surface area contributed by atoms with Crippen molar-refractivity contribution in [3.05, 3.63) is 28.2 Å². The van der Waals surface area contributed by atoms with Crippen molar-refractivity contribution in [2.75, 3.05) is 11.9 Å². The standard InChI is InChI=1S/C16H24BrNO/c1-4-12-10-13(17)6-7-15(12)18-14-8-9-19-16(3,5-2)11-14/h6-7,10,14,18H,4-5,8-9,11H2,1-3H3. The summed E-state index contributed by atoms with van der Waals surface area (Å²) < 4.78 is 7.06. The van der Waals surface area contributed by atoms with Crippen molar-refractivity contribution in [2.24, 2.45) is 0 Å². The zero-order valence-corrected chi connectivity index (χ0v) is 13.7. The highest BCUT2D eigenvalue weighted by molar-refractivity contribution is 9.10. The Morgan fingerprint density at radius 3 is 2.89 bits per heavy atom. The van der Waals surface area contributed by atoms with E-state index in [2.05, 4.69) is 60.2 Å². The van der Waals surface area contributed by atoms with Gasteiger partial charge in [-0.15, -0.1) is 0 Å². The van der Waals surface area contributed by atoms with Crippen LogP contribution in [0.15, 0.2) is 22.7 Å². The molecule has 19 heavy (non-hydrogen) atoms. The molecule has 0 bridgehead atoms. The van der Waals surface area contributed by atoms with Gasteiger partial charge in [0.05, 0.1) is 5.60 Å². The van der Waals surface area contributed by atoms with E-state index >= 15 is 0 Å². The van der Waals surface area contributed by atoms with E-state index in [0.717, 1.165) is 36.8 Å². The van der Waals surface area contributed by atoms with Gasteiger partial charge in [-0.2, -0.15) is 0 Å². The highest BCUT2D eigenvalue weighted by Gasteiger charge is 2.31. The zero-order valence-electron chi connectivity index (χ0n) is 12.1. The highest BCUT2D eigenvalue weighted by Crippen LogP contribution is 2.31. The van der Waals surface area contributed by atoms with Gasteiger partial charge in [0.15, 0.2) is 0 Å². The summed E-state index contributed by atoms with van der Waals surface area (Å²) in [6.45, 7) is 7.50. The molecular weight excluding hydrogens is 302 g/mol. The fraction of sp³-hybridized carbons (Fsp3) is 0.625. The van der Waals surface area contributed by atoms with Gasteiger partial charge in [-0.05, 0) is 56.4 Å². The number of hydrogen-bond acceptors (Lipinski definition) is 2. The molecule has 106 valence electrons. The topological polar surface area (TPSA) is 21.3 Å². The molecule has 1 aliphatic heterocycles. The quantitative estimate of drug-likeness (QED) is 0.860. The third-order valence-electron chi connectivity index (χ3n) is 4.15. The summed E-state index contributed by atoms with van der Waals surface area (Å²) in [5, 5.41) is 3.72. The molecule has 0 aliphatic carbocycles. The first-order valence-electron chi connectivity index (χ1n) is 7.25. The van der Waals surface area contributed by atoms with E-state index in [1.807, 2.05) is 0 Å². The zero-order chi connectivity index (χ0) is 13.9. The minimum absolute atomic E-state index is 0.0393. The van der Waals surface area contributed by atoms with Crippen LogP contribution in [0.4, 0.5) is 5.69 Å². The number of anilines is 1. The molecule has 1 saturated heterocycles. The molecule has 0 radical (unpaired) electrons. The van der Waals surface area contributed by atoms with E-state index in [-0.39, 0.29) is 5.60 Å². The maximum Gasteiger partial charge on any atom is 0.0671 e. The molecule has 1 aliphatic rings. The van der Waals surface area contributed by atoms with Crippen molar-refractivity contribution >= 4 is 21.6 Å². The lowest BCUT2D eigenvalue weighted by molar-refractivity contribution is -0.0708. The maximum atomic E-state index is 5.91. The van der Waals surface area contributed by atoms with E-state index in [0.29, 0.717) is 6.04 Å². The number of nitrogens with one attached hydrogen (secondary N) is 1. The summed E-state index contributed by atoms with van der Waals surface area (Å²) in [4.78, 5) is 0. The Bertz CT molecular complexity index is 435. The van der Waals surface area contributed by atoms with Crippen LogP contribution in [0.5, 0.6) is 0 Å². The van der Waals surface area contributed by atoms with Crippen LogP contribution in [-0.2, 0) is 11.2 Å². The van der Waals surface area contributed by atoms with Crippen molar-refractivity contribution in [3.8, 4) is 0 Å². The Morgan fingerprint density at radius 2 is 2.21 bits per heavy atom. The van der Waals surface area contributed by atoms with Gasteiger partial charge in [0.1, 0.15) is 0 Å². The molecule has 0 amide bonds. The Kier molecular flexibility index (Phi) is 4.91.